The maximum Gasteiger partial charge on any atom is 0.360 e. The Balaban J connectivity index is 2.00. The maximum absolute atomic E-state index is 11.4. The Kier molecular flexibility index (Phi) is 3.82. The van der Waals surface area contributed by atoms with Crippen molar-refractivity contribution in [3.8, 4) is 0 Å². The van der Waals surface area contributed by atoms with Gasteiger partial charge in [-0.05, 0) is 25.7 Å². The van der Waals surface area contributed by atoms with E-state index in [1.165, 1.54) is 12.8 Å². The molecule has 1 aliphatic rings. The Morgan fingerprint density at radius 1 is 1.47 bits per heavy atom. The highest BCUT2D eigenvalue weighted by Gasteiger charge is 2.24. The molecule has 0 spiro atoms. The van der Waals surface area contributed by atoms with Gasteiger partial charge in [0.25, 0.3) is 0 Å². The first kappa shape index (κ1) is 12.1. The summed E-state index contributed by atoms with van der Waals surface area (Å²) in [6.45, 7) is 4.42. The number of nitrogens with zero attached hydrogens (tertiary/aromatic N) is 1. The third-order valence-electron chi connectivity index (χ3n) is 3.43. The highest BCUT2D eigenvalue weighted by molar-refractivity contribution is 5.87. The molecule has 0 N–H and O–H groups in total. The van der Waals surface area contributed by atoms with Crippen LogP contribution in [0.15, 0.2) is 10.6 Å². The van der Waals surface area contributed by atoms with Crippen molar-refractivity contribution in [3.05, 3.63) is 17.5 Å². The number of hydrogen-bond donors (Lipinski definition) is 0. The second-order valence-electron chi connectivity index (χ2n) is 4.79. The van der Waals surface area contributed by atoms with Gasteiger partial charge in [0.2, 0.25) is 0 Å². The van der Waals surface area contributed by atoms with E-state index in [0.29, 0.717) is 18.2 Å². The zero-order valence-corrected chi connectivity index (χ0v) is 10.4. The molecule has 1 aromatic heterocycles. The molecule has 0 aromatic carbocycles. The molecule has 0 atom stereocenters. The van der Waals surface area contributed by atoms with Crippen LogP contribution in [0.5, 0.6) is 0 Å². The predicted octanol–water partition coefficient (Wildman–Crippen LogP) is 3.15. The van der Waals surface area contributed by atoms with Crippen molar-refractivity contribution in [2.75, 3.05) is 6.61 Å². The lowest BCUT2D eigenvalue weighted by molar-refractivity contribution is 0.0514. The summed E-state index contributed by atoms with van der Waals surface area (Å²) in [5, 5.41) is 3.78. The molecular formula is C13H19NO3. The average molecular weight is 237 g/mol. The van der Waals surface area contributed by atoms with Gasteiger partial charge in [-0.3, -0.25) is 0 Å². The van der Waals surface area contributed by atoms with Crippen LogP contribution in [0.25, 0.3) is 0 Å². The third-order valence-corrected chi connectivity index (χ3v) is 3.43. The standard InChI is InChI=1S/C13H19NO3/c1-3-16-13(15)11-8-12(17-14-11)10-6-4-9(2)5-7-10/h8-10H,3-7H2,1-2H3. The fourth-order valence-corrected chi connectivity index (χ4v) is 2.33. The number of carbonyl (C=O) groups excluding carboxylic acids is 1. The van der Waals surface area contributed by atoms with Gasteiger partial charge < -0.3 is 9.26 Å². The first-order valence-electron chi connectivity index (χ1n) is 6.34. The summed E-state index contributed by atoms with van der Waals surface area (Å²) in [7, 11) is 0. The van der Waals surface area contributed by atoms with E-state index in [9.17, 15) is 4.79 Å². The largest absolute Gasteiger partial charge is 0.461 e. The molecule has 94 valence electrons. The molecule has 0 aliphatic heterocycles. The van der Waals surface area contributed by atoms with E-state index in [0.717, 1.165) is 24.5 Å². The van der Waals surface area contributed by atoms with Crippen LogP contribution in [0.2, 0.25) is 0 Å². The minimum absolute atomic E-state index is 0.292. The van der Waals surface area contributed by atoms with Gasteiger partial charge in [0.1, 0.15) is 5.76 Å². The molecule has 17 heavy (non-hydrogen) atoms. The SMILES string of the molecule is CCOC(=O)c1cc(C2CCC(C)CC2)on1. The smallest absolute Gasteiger partial charge is 0.360 e. The fourth-order valence-electron chi connectivity index (χ4n) is 2.33. The van der Waals surface area contributed by atoms with Crippen LogP contribution in [-0.4, -0.2) is 17.7 Å². The van der Waals surface area contributed by atoms with E-state index in [-0.39, 0.29) is 0 Å². The monoisotopic (exact) mass is 237 g/mol. The van der Waals surface area contributed by atoms with E-state index in [4.69, 9.17) is 9.26 Å². The molecule has 0 amide bonds. The van der Waals surface area contributed by atoms with Crippen LogP contribution >= 0.6 is 0 Å². The van der Waals surface area contributed by atoms with Crippen molar-refractivity contribution in [2.24, 2.45) is 5.92 Å². The van der Waals surface area contributed by atoms with Gasteiger partial charge in [-0.1, -0.05) is 24.9 Å². The van der Waals surface area contributed by atoms with E-state index in [1.54, 1.807) is 13.0 Å². The molecule has 0 bridgehead atoms. The van der Waals surface area contributed by atoms with Crippen LogP contribution in [0.4, 0.5) is 0 Å². The van der Waals surface area contributed by atoms with Crippen LogP contribution in [0.1, 0.15) is 61.7 Å². The minimum atomic E-state index is -0.397. The van der Waals surface area contributed by atoms with Gasteiger partial charge in [-0.2, -0.15) is 0 Å². The molecule has 4 heteroatoms. The lowest BCUT2D eigenvalue weighted by atomic mass is 9.82. The second kappa shape index (κ2) is 5.34. The lowest BCUT2D eigenvalue weighted by Gasteiger charge is -2.23. The quantitative estimate of drug-likeness (QED) is 0.758. The van der Waals surface area contributed by atoms with Gasteiger partial charge in [0.15, 0.2) is 5.69 Å². The number of esters is 1. The van der Waals surface area contributed by atoms with Gasteiger partial charge in [-0.25, -0.2) is 4.79 Å². The Bertz CT molecular complexity index is 378. The summed E-state index contributed by atoms with van der Waals surface area (Å²) in [5.74, 6) is 1.66. The highest BCUT2D eigenvalue weighted by atomic mass is 16.5. The Labute approximate surface area is 101 Å². The molecule has 1 fully saturated rings. The van der Waals surface area contributed by atoms with Crippen LogP contribution in [-0.2, 0) is 4.74 Å². The van der Waals surface area contributed by atoms with Crippen molar-refractivity contribution < 1.29 is 14.1 Å². The van der Waals surface area contributed by atoms with Crippen molar-refractivity contribution >= 4 is 5.97 Å². The van der Waals surface area contributed by atoms with Crippen LogP contribution in [0, 0.1) is 5.92 Å². The maximum atomic E-state index is 11.4. The first-order valence-corrected chi connectivity index (χ1v) is 6.34. The van der Waals surface area contributed by atoms with Crippen LogP contribution in [0.3, 0.4) is 0 Å². The molecule has 0 saturated heterocycles. The summed E-state index contributed by atoms with van der Waals surface area (Å²) in [6, 6.07) is 1.73. The predicted molar refractivity (Wildman–Crippen MR) is 62.8 cm³/mol. The summed E-state index contributed by atoms with van der Waals surface area (Å²) in [6.07, 6.45) is 4.69. The molecule has 1 aromatic rings. The zero-order valence-electron chi connectivity index (χ0n) is 10.4. The number of ether oxygens (including phenoxy) is 1. The van der Waals surface area contributed by atoms with Crippen molar-refractivity contribution in [1.82, 2.24) is 5.16 Å². The van der Waals surface area contributed by atoms with E-state index in [2.05, 4.69) is 12.1 Å². The zero-order chi connectivity index (χ0) is 12.3. The third kappa shape index (κ3) is 2.87. The van der Waals surface area contributed by atoms with Gasteiger partial charge >= 0.3 is 5.97 Å². The van der Waals surface area contributed by atoms with E-state index in [1.807, 2.05) is 0 Å². The Morgan fingerprint density at radius 2 is 2.18 bits per heavy atom. The number of carbonyl (C=O) groups is 1. The molecule has 4 nitrogen and oxygen atoms in total. The summed E-state index contributed by atoms with van der Waals surface area (Å²) in [5.41, 5.74) is 0.292. The molecule has 0 radical (unpaired) electrons. The highest BCUT2D eigenvalue weighted by Crippen LogP contribution is 2.35. The topological polar surface area (TPSA) is 52.3 Å². The average Bonchev–Trinajstić information content (AvgIpc) is 2.80. The lowest BCUT2D eigenvalue weighted by Crippen LogP contribution is -2.10. The van der Waals surface area contributed by atoms with Gasteiger partial charge in [0, 0.05) is 12.0 Å². The summed E-state index contributed by atoms with van der Waals surface area (Å²) < 4.78 is 10.1. The van der Waals surface area contributed by atoms with Gasteiger partial charge in [-0.15, -0.1) is 0 Å². The van der Waals surface area contributed by atoms with Crippen molar-refractivity contribution in [1.29, 1.82) is 0 Å². The number of rotatable bonds is 3. The fraction of sp³-hybridized carbons (Fsp3) is 0.692. The molecule has 2 rings (SSSR count). The molecule has 0 unspecified atom stereocenters. The van der Waals surface area contributed by atoms with Crippen LogP contribution < -0.4 is 0 Å². The first-order chi connectivity index (χ1) is 8.20. The van der Waals surface area contributed by atoms with E-state index >= 15 is 0 Å². The van der Waals surface area contributed by atoms with E-state index < -0.39 is 5.97 Å². The Morgan fingerprint density at radius 3 is 2.82 bits per heavy atom. The number of hydrogen-bond acceptors (Lipinski definition) is 4. The Hall–Kier alpha value is -1.32. The summed E-state index contributed by atoms with van der Waals surface area (Å²) in [4.78, 5) is 11.4. The van der Waals surface area contributed by atoms with Crippen molar-refractivity contribution in [3.63, 3.8) is 0 Å². The molecule has 1 saturated carbocycles. The minimum Gasteiger partial charge on any atom is -0.461 e. The summed E-state index contributed by atoms with van der Waals surface area (Å²) >= 11 is 0. The van der Waals surface area contributed by atoms with Gasteiger partial charge in [0.05, 0.1) is 6.61 Å². The molecule has 1 heterocycles. The molecular weight excluding hydrogens is 218 g/mol. The molecule has 1 aliphatic carbocycles. The van der Waals surface area contributed by atoms with Crippen molar-refractivity contribution in [2.45, 2.75) is 45.4 Å². The normalized spacial score (nSPS) is 24.6. The second-order valence-corrected chi connectivity index (χ2v) is 4.79. The number of aromatic nitrogens is 1.